The molecule has 1 heterocycles. The fraction of sp³-hybridized carbons (Fsp3) is 0.500. The molecule has 6 heteroatoms. The molecule has 0 aliphatic carbocycles. The van der Waals surface area contributed by atoms with E-state index < -0.39 is 17.5 Å². The highest BCUT2D eigenvalue weighted by molar-refractivity contribution is 5.85. The number of rotatable bonds is 2. The van der Waals surface area contributed by atoms with Gasteiger partial charge in [-0.25, -0.2) is 13.2 Å². The summed E-state index contributed by atoms with van der Waals surface area (Å²) in [5.41, 5.74) is 0.214. The maximum atomic E-state index is 13.6. The van der Waals surface area contributed by atoms with Gasteiger partial charge in [0, 0.05) is 37.8 Å². The maximum Gasteiger partial charge on any atom is 0.194 e. The summed E-state index contributed by atoms with van der Waals surface area (Å²) < 4.78 is 39.6. The lowest BCUT2D eigenvalue weighted by Gasteiger charge is -2.33. The van der Waals surface area contributed by atoms with Gasteiger partial charge in [0.2, 0.25) is 0 Å². The van der Waals surface area contributed by atoms with E-state index in [0.717, 1.165) is 32.2 Å². The van der Waals surface area contributed by atoms with Gasteiger partial charge in [-0.3, -0.25) is 4.90 Å². The number of nitrogens with zero attached hydrogens (tertiary/aromatic N) is 1. The standard InChI is InChI=1S/C12H15F3N2.ClH/c1-8(17-6-4-16-5-7-17)9-2-3-10(13)12(15)11(9)14;/h2-3,8,16H,4-7H2,1H3;1H/t8-;/m0./s1. The van der Waals surface area contributed by atoms with Gasteiger partial charge in [0.05, 0.1) is 0 Å². The quantitative estimate of drug-likeness (QED) is 0.838. The molecule has 0 saturated carbocycles. The normalized spacial score (nSPS) is 18.2. The molecule has 1 saturated heterocycles. The summed E-state index contributed by atoms with van der Waals surface area (Å²) in [4.78, 5) is 2.05. The molecule has 0 aromatic heterocycles. The second-order valence-electron chi connectivity index (χ2n) is 4.23. The summed E-state index contributed by atoms with van der Waals surface area (Å²) in [5, 5.41) is 3.19. The Morgan fingerprint density at radius 1 is 1.11 bits per heavy atom. The summed E-state index contributed by atoms with van der Waals surface area (Å²) in [7, 11) is 0. The summed E-state index contributed by atoms with van der Waals surface area (Å²) in [6.07, 6.45) is 0. The van der Waals surface area contributed by atoms with Gasteiger partial charge in [0.25, 0.3) is 0 Å². The lowest BCUT2D eigenvalue weighted by Crippen LogP contribution is -2.44. The topological polar surface area (TPSA) is 15.3 Å². The fourth-order valence-corrected chi connectivity index (χ4v) is 2.13. The van der Waals surface area contributed by atoms with E-state index in [4.69, 9.17) is 0 Å². The van der Waals surface area contributed by atoms with Crippen molar-refractivity contribution in [3.63, 3.8) is 0 Å². The Bertz CT molecular complexity index is 409. The minimum absolute atomic E-state index is 0. The number of benzene rings is 1. The zero-order valence-electron chi connectivity index (χ0n) is 10.0. The van der Waals surface area contributed by atoms with E-state index in [1.54, 1.807) is 6.92 Å². The van der Waals surface area contributed by atoms with Crippen molar-refractivity contribution in [2.75, 3.05) is 26.2 Å². The first kappa shape index (κ1) is 15.3. The van der Waals surface area contributed by atoms with Crippen LogP contribution < -0.4 is 5.32 Å². The molecule has 1 aliphatic heterocycles. The first-order valence-corrected chi connectivity index (χ1v) is 5.69. The Hall–Kier alpha value is -0.780. The minimum Gasteiger partial charge on any atom is -0.314 e. The zero-order chi connectivity index (χ0) is 12.4. The Morgan fingerprint density at radius 3 is 2.33 bits per heavy atom. The van der Waals surface area contributed by atoms with Crippen LogP contribution in [0.2, 0.25) is 0 Å². The van der Waals surface area contributed by atoms with Gasteiger partial charge in [-0.15, -0.1) is 12.4 Å². The third kappa shape index (κ3) is 2.96. The molecule has 1 fully saturated rings. The molecule has 1 aromatic rings. The third-order valence-corrected chi connectivity index (χ3v) is 3.21. The van der Waals surface area contributed by atoms with Crippen LogP contribution in [0.5, 0.6) is 0 Å². The van der Waals surface area contributed by atoms with Gasteiger partial charge in [0.1, 0.15) is 0 Å². The monoisotopic (exact) mass is 280 g/mol. The van der Waals surface area contributed by atoms with Gasteiger partial charge >= 0.3 is 0 Å². The highest BCUT2D eigenvalue weighted by atomic mass is 35.5. The number of hydrogen-bond donors (Lipinski definition) is 1. The van der Waals surface area contributed by atoms with Crippen LogP contribution in [0.3, 0.4) is 0 Å². The second-order valence-corrected chi connectivity index (χ2v) is 4.23. The van der Waals surface area contributed by atoms with Crippen LogP contribution in [0.25, 0.3) is 0 Å². The fourth-order valence-electron chi connectivity index (χ4n) is 2.13. The van der Waals surface area contributed by atoms with Crippen molar-refractivity contribution in [3.8, 4) is 0 Å². The predicted molar refractivity (Wildman–Crippen MR) is 66.4 cm³/mol. The molecule has 0 radical (unpaired) electrons. The number of nitrogens with one attached hydrogen (secondary N) is 1. The van der Waals surface area contributed by atoms with Crippen molar-refractivity contribution < 1.29 is 13.2 Å². The Balaban J connectivity index is 0.00000162. The van der Waals surface area contributed by atoms with E-state index in [-0.39, 0.29) is 24.0 Å². The van der Waals surface area contributed by atoms with Crippen LogP contribution in [-0.2, 0) is 0 Å². The summed E-state index contributed by atoms with van der Waals surface area (Å²) in [6, 6.07) is 2.06. The third-order valence-electron chi connectivity index (χ3n) is 3.21. The van der Waals surface area contributed by atoms with E-state index in [1.807, 2.05) is 4.90 Å². The molecule has 2 nitrogen and oxygen atoms in total. The van der Waals surface area contributed by atoms with Gasteiger partial charge in [0.15, 0.2) is 17.5 Å². The van der Waals surface area contributed by atoms with E-state index in [9.17, 15) is 13.2 Å². The molecular weight excluding hydrogens is 265 g/mol. The van der Waals surface area contributed by atoms with Crippen LogP contribution >= 0.6 is 12.4 Å². The van der Waals surface area contributed by atoms with Crippen molar-refractivity contribution in [2.45, 2.75) is 13.0 Å². The molecule has 102 valence electrons. The van der Waals surface area contributed by atoms with Crippen molar-refractivity contribution in [3.05, 3.63) is 35.1 Å². The molecule has 0 amide bonds. The molecule has 1 atom stereocenters. The van der Waals surface area contributed by atoms with Crippen molar-refractivity contribution >= 4 is 12.4 Å². The SMILES string of the molecule is C[C@@H](c1ccc(F)c(F)c1F)N1CCNCC1.Cl. The van der Waals surface area contributed by atoms with Crippen molar-refractivity contribution in [1.29, 1.82) is 0 Å². The van der Waals surface area contributed by atoms with Crippen LogP contribution in [0.15, 0.2) is 12.1 Å². The molecule has 1 aromatic carbocycles. The molecule has 2 rings (SSSR count). The molecule has 0 spiro atoms. The zero-order valence-corrected chi connectivity index (χ0v) is 10.9. The highest BCUT2D eigenvalue weighted by Crippen LogP contribution is 2.25. The molecule has 0 bridgehead atoms. The largest absolute Gasteiger partial charge is 0.314 e. The number of halogens is 4. The molecule has 0 unspecified atom stereocenters. The van der Waals surface area contributed by atoms with Crippen LogP contribution in [-0.4, -0.2) is 31.1 Å². The Labute approximate surface area is 111 Å². The lowest BCUT2D eigenvalue weighted by atomic mass is 10.1. The summed E-state index contributed by atoms with van der Waals surface area (Å²) in [5.74, 6) is -3.60. The average molecular weight is 281 g/mol. The number of hydrogen-bond acceptors (Lipinski definition) is 2. The molecule has 18 heavy (non-hydrogen) atoms. The van der Waals surface area contributed by atoms with Crippen molar-refractivity contribution in [2.24, 2.45) is 0 Å². The Morgan fingerprint density at radius 2 is 1.72 bits per heavy atom. The van der Waals surface area contributed by atoms with E-state index in [2.05, 4.69) is 5.32 Å². The average Bonchev–Trinajstić information content (AvgIpc) is 2.36. The van der Waals surface area contributed by atoms with Crippen molar-refractivity contribution in [1.82, 2.24) is 10.2 Å². The molecule has 1 aliphatic rings. The summed E-state index contributed by atoms with van der Waals surface area (Å²) >= 11 is 0. The Kier molecular flexibility index (Phi) is 5.44. The van der Waals surface area contributed by atoms with Gasteiger partial charge < -0.3 is 5.32 Å². The van der Waals surface area contributed by atoms with Crippen LogP contribution in [0.4, 0.5) is 13.2 Å². The van der Waals surface area contributed by atoms with E-state index in [0.29, 0.717) is 0 Å². The summed E-state index contributed by atoms with van der Waals surface area (Å²) in [6.45, 7) is 5.02. The molecule has 1 N–H and O–H groups in total. The smallest absolute Gasteiger partial charge is 0.194 e. The van der Waals surface area contributed by atoms with E-state index >= 15 is 0 Å². The second kappa shape index (κ2) is 6.41. The maximum absolute atomic E-state index is 13.6. The van der Waals surface area contributed by atoms with Gasteiger partial charge in [-0.05, 0) is 13.0 Å². The van der Waals surface area contributed by atoms with Gasteiger partial charge in [-0.2, -0.15) is 0 Å². The number of piperazine rings is 1. The lowest BCUT2D eigenvalue weighted by molar-refractivity contribution is 0.181. The highest BCUT2D eigenvalue weighted by Gasteiger charge is 2.23. The van der Waals surface area contributed by atoms with Gasteiger partial charge in [-0.1, -0.05) is 6.07 Å². The van der Waals surface area contributed by atoms with E-state index in [1.165, 1.54) is 6.07 Å². The first-order valence-electron chi connectivity index (χ1n) is 5.69. The first-order chi connectivity index (χ1) is 8.11. The van der Waals surface area contributed by atoms with Crippen LogP contribution in [0, 0.1) is 17.5 Å². The predicted octanol–water partition coefficient (Wildman–Crippen LogP) is 2.49. The van der Waals surface area contributed by atoms with Crippen LogP contribution in [0.1, 0.15) is 18.5 Å². The molecular formula is C12H16ClF3N2. The minimum atomic E-state index is -1.38.